The molecule has 0 atom stereocenters. The molecule has 0 saturated heterocycles. The number of hydrogen-bond acceptors (Lipinski definition) is 1. The van der Waals surface area contributed by atoms with Crippen LogP contribution in [0.15, 0.2) is 18.2 Å². The normalized spacial score (nSPS) is 10.9. The molecule has 0 amide bonds. The van der Waals surface area contributed by atoms with Gasteiger partial charge in [-0.1, -0.05) is 0 Å². The second-order valence-corrected chi connectivity index (χ2v) is 4.37. The summed E-state index contributed by atoms with van der Waals surface area (Å²) < 4.78 is 53.8. The lowest BCUT2D eigenvalue weighted by Crippen LogP contribution is -2.09. The first-order valence-electron chi connectivity index (χ1n) is 4.50. The quantitative estimate of drug-likeness (QED) is 0.460. The monoisotopic (exact) mass is 356 g/mol. The standard InChI is InChI=1S/C10H5F4IN2/c11-6-1-2-7(12)10(14)5(6)4-17-8(13)3-9(15)16-17/h1-3H,4H2. The average Bonchev–Trinajstić information content (AvgIpc) is 2.58. The molecular formula is C10H5F4IN2. The van der Waals surface area contributed by atoms with Gasteiger partial charge in [-0.05, 0) is 34.7 Å². The Morgan fingerprint density at radius 1 is 1.12 bits per heavy atom. The van der Waals surface area contributed by atoms with E-state index in [-0.39, 0.29) is 0 Å². The van der Waals surface area contributed by atoms with Gasteiger partial charge >= 0.3 is 0 Å². The molecule has 0 aliphatic carbocycles. The number of nitrogens with zero attached hydrogens (tertiary/aromatic N) is 2. The highest BCUT2D eigenvalue weighted by molar-refractivity contribution is 14.1. The van der Waals surface area contributed by atoms with Crippen LogP contribution < -0.4 is 0 Å². The molecule has 0 saturated carbocycles. The zero-order valence-corrected chi connectivity index (χ0v) is 10.4. The largest absolute Gasteiger partial charge is 0.234 e. The van der Waals surface area contributed by atoms with Crippen LogP contribution in [0.3, 0.4) is 0 Å². The highest BCUT2D eigenvalue weighted by Crippen LogP contribution is 2.18. The van der Waals surface area contributed by atoms with Crippen LogP contribution in [0.25, 0.3) is 0 Å². The molecule has 17 heavy (non-hydrogen) atoms. The summed E-state index contributed by atoms with van der Waals surface area (Å²) in [7, 11) is 0. The Bertz CT molecular complexity index is 568. The van der Waals surface area contributed by atoms with Crippen molar-refractivity contribution in [3.63, 3.8) is 0 Å². The molecule has 1 aromatic carbocycles. The van der Waals surface area contributed by atoms with E-state index < -0.39 is 35.5 Å². The van der Waals surface area contributed by atoms with Crippen molar-refractivity contribution in [3.8, 4) is 0 Å². The van der Waals surface area contributed by atoms with Crippen molar-refractivity contribution in [1.29, 1.82) is 0 Å². The lowest BCUT2D eigenvalue weighted by atomic mass is 10.2. The maximum Gasteiger partial charge on any atom is 0.212 e. The fourth-order valence-electron chi connectivity index (χ4n) is 1.34. The molecule has 1 heterocycles. The Morgan fingerprint density at radius 2 is 1.76 bits per heavy atom. The smallest absolute Gasteiger partial charge is 0.212 e. The molecular weight excluding hydrogens is 351 g/mol. The van der Waals surface area contributed by atoms with E-state index in [4.69, 9.17) is 0 Å². The minimum absolute atomic E-state index is 0.345. The number of halogens is 5. The molecule has 0 spiro atoms. The van der Waals surface area contributed by atoms with Crippen LogP contribution in [0.2, 0.25) is 0 Å². The van der Waals surface area contributed by atoms with Crippen molar-refractivity contribution >= 4 is 22.6 Å². The highest BCUT2D eigenvalue weighted by Gasteiger charge is 2.16. The second kappa shape index (κ2) is 4.63. The van der Waals surface area contributed by atoms with Gasteiger partial charge in [0.2, 0.25) is 5.95 Å². The molecule has 0 aliphatic rings. The van der Waals surface area contributed by atoms with Crippen molar-refractivity contribution < 1.29 is 17.6 Å². The van der Waals surface area contributed by atoms with Gasteiger partial charge in [0.1, 0.15) is 9.52 Å². The van der Waals surface area contributed by atoms with Gasteiger partial charge in [-0.25, -0.2) is 17.9 Å². The summed E-state index contributed by atoms with van der Waals surface area (Å²) in [5.74, 6) is -4.18. The van der Waals surface area contributed by atoms with Crippen LogP contribution in [-0.4, -0.2) is 9.78 Å². The van der Waals surface area contributed by atoms with Crippen LogP contribution in [0.1, 0.15) is 5.56 Å². The van der Waals surface area contributed by atoms with E-state index in [9.17, 15) is 17.6 Å². The minimum Gasteiger partial charge on any atom is -0.234 e. The molecule has 2 rings (SSSR count). The van der Waals surface area contributed by atoms with Crippen LogP contribution in [-0.2, 0) is 6.54 Å². The fourth-order valence-corrected chi connectivity index (χ4v) is 1.86. The SMILES string of the molecule is Fc1ccc(F)c(Cn2nc(I)cc2F)c1F. The molecule has 2 nitrogen and oxygen atoms in total. The summed E-state index contributed by atoms with van der Waals surface area (Å²) in [6, 6.07) is 2.58. The van der Waals surface area contributed by atoms with E-state index in [1.165, 1.54) is 0 Å². The van der Waals surface area contributed by atoms with Gasteiger partial charge in [0, 0.05) is 11.6 Å². The van der Waals surface area contributed by atoms with Crippen LogP contribution in [0, 0.1) is 27.1 Å². The molecule has 90 valence electrons. The predicted molar refractivity (Wildman–Crippen MR) is 60.3 cm³/mol. The number of aromatic nitrogens is 2. The molecule has 0 aliphatic heterocycles. The van der Waals surface area contributed by atoms with Gasteiger partial charge in [0.25, 0.3) is 0 Å². The second-order valence-electron chi connectivity index (χ2n) is 3.27. The van der Waals surface area contributed by atoms with Gasteiger partial charge in [-0.3, -0.25) is 0 Å². The van der Waals surface area contributed by atoms with Gasteiger partial charge < -0.3 is 0 Å². The summed E-state index contributed by atoms with van der Waals surface area (Å²) in [6.07, 6.45) is 0. The van der Waals surface area contributed by atoms with E-state index in [0.717, 1.165) is 16.8 Å². The van der Waals surface area contributed by atoms with Crippen molar-refractivity contribution in [3.05, 3.63) is 50.9 Å². The highest BCUT2D eigenvalue weighted by atomic mass is 127. The molecule has 0 fully saturated rings. The third-order valence-electron chi connectivity index (χ3n) is 2.15. The maximum absolute atomic E-state index is 13.3. The Balaban J connectivity index is 2.43. The zero-order valence-electron chi connectivity index (χ0n) is 8.22. The van der Waals surface area contributed by atoms with E-state index in [2.05, 4.69) is 5.10 Å². The molecule has 7 heteroatoms. The first-order chi connectivity index (χ1) is 7.99. The van der Waals surface area contributed by atoms with E-state index in [1.807, 2.05) is 0 Å². The van der Waals surface area contributed by atoms with Crippen LogP contribution in [0.5, 0.6) is 0 Å². The average molecular weight is 356 g/mol. The van der Waals surface area contributed by atoms with Crippen molar-refractivity contribution in [2.75, 3.05) is 0 Å². The third kappa shape index (κ3) is 2.43. The first kappa shape index (κ1) is 12.3. The minimum atomic E-state index is -1.32. The van der Waals surface area contributed by atoms with E-state index in [1.54, 1.807) is 22.6 Å². The van der Waals surface area contributed by atoms with E-state index >= 15 is 0 Å². The summed E-state index contributed by atoms with van der Waals surface area (Å²) >= 11 is 1.76. The maximum atomic E-state index is 13.3. The number of benzene rings is 1. The summed E-state index contributed by atoms with van der Waals surface area (Å²) in [5, 5.41) is 3.69. The van der Waals surface area contributed by atoms with Gasteiger partial charge in [-0.15, -0.1) is 0 Å². The molecule has 1 aromatic heterocycles. The Hall–Kier alpha value is -1.12. The Kier molecular flexibility index (Phi) is 3.36. The molecule has 0 radical (unpaired) electrons. The summed E-state index contributed by atoms with van der Waals surface area (Å²) in [5.41, 5.74) is -0.552. The van der Waals surface area contributed by atoms with Gasteiger partial charge in [0.05, 0.1) is 6.54 Å². The van der Waals surface area contributed by atoms with Crippen molar-refractivity contribution in [1.82, 2.24) is 9.78 Å². The van der Waals surface area contributed by atoms with Gasteiger partial charge in [0.15, 0.2) is 11.6 Å². The van der Waals surface area contributed by atoms with Crippen molar-refractivity contribution in [2.24, 2.45) is 0 Å². The summed E-state index contributed by atoms with van der Waals surface area (Å²) in [6.45, 7) is -0.496. The Labute approximate surface area is 107 Å². The molecule has 2 aromatic rings. The number of hydrogen-bond donors (Lipinski definition) is 0. The van der Waals surface area contributed by atoms with Crippen LogP contribution >= 0.6 is 22.6 Å². The third-order valence-corrected chi connectivity index (χ3v) is 2.67. The molecule has 0 bridgehead atoms. The Morgan fingerprint density at radius 3 is 2.35 bits per heavy atom. The molecule has 0 unspecified atom stereocenters. The molecule has 0 N–H and O–H groups in total. The predicted octanol–water partition coefficient (Wildman–Crippen LogP) is 3.09. The number of rotatable bonds is 2. The topological polar surface area (TPSA) is 17.8 Å². The fraction of sp³-hybridized carbons (Fsp3) is 0.100. The van der Waals surface area contributed by atoms with Crippen LogP contribution in [0.4, 0.5) is 17.6 Å². The first-order valence-corrected chi connectivity index (χ1v) is 5.58. The van der Waals surface area contributed by atoms with Gasteiger partial charge in [-0.2, -0.15) is 9.49 Å². The lowest BCUT2D eigenvalue weighted by Gasteiger charge is -2.06. The lowest BCUT2D eigenvalue weighted by molar-refractivity contribution is 0.440. The summed E-state index contributed by atoms with van der Waals surface area (Å²) in [4.78, 5) is 0. The van der Waals surface area contributed by atoms with E-state index in [0.29, 0.717) is 9.77 Å². The van der Waals surface area contributed by atoms with Crippen molar-refractivity contribution in [2.45, 2.75) is 6.54 Å². The zero-order chi connectivity index (χ0) is 12.6.